The van der Waals surface area contributed by atoms with Crippen LogP contribution in [0.4, 0.5) is 0 Å². The molecule has 0 aliphatic rings. The molecule has 0 radical (unpaired) electrons. The Hall–Kier alpha value is -3.15. The molecule has 1 amide bonds. The molecule has 27 heavy (non-hydrogen) atoms. The fourth-order valence-corrected chi connectivity index (χ4v) is 2.71. The van der Waals surface area contributed by atoms with E-state index in [0.29, 0.717) is 23.0 Å². The molecule has 0 spiro atoms. The first kappa shape index (κ1) is 18.6. The zero-order valence-corrected chi connectivity index (χ0v) is 15.7. The van der Waals surface area contributed by atoms with Crippen molar-refractivity contribution >= 4 is 5.91 Å². The van der Waals surface area contributed by atoms with Gasteiger partial charge in [-0.1, -0.05) is 41.9 Å². The van der Waals surface area contributed by atoms with E-state index in [9.17, 15) is 4.79 Å². The van der Waals surface area contributed by atoms with E-state index < -0.39 is 0 Å². The number of aryl methyl sites for hydroxylation is 2. The Morgan fingerprint density at radius 3 is 2.41 bits per heavy atom. The second-order valence-electron chi connectivity index (χ2n) is 6.39. The van der Waals surface area contributed by atoms with Gasteiger partial charge in [0.1, 0.15) is 5.75 Å². The van der Waals surface area contributed by atoms with Crippen molar-refractivity contribution in [1.29, 1.82) is 0 Å². The summed E-state index contributed by atoms with van der Waals surface area (Å²) in [6.07, 6.45) is 0.820. The number of benzene rings is 2. The van der Waals surface area contributed by atoms with Crippen LogP contribution in [0.3, 0.4) is 0 Å². The molecule has 0 saturated carbocycles. The molecular weight excluding hydrogens is 342 g/mol. The highest BCUT2D eigenvalue weighted by Crippen LogP contribution is 2.19. The van der Waals surface area contributed by atoms with Gasteiger partial charge in [0.05, 0.1) is 6.04 Å². The van der Waals surface area contributed by atoms with Crippen LogP contribution in [0.2, 0.25) is 0 Å². The molecule has 2 aromatic carbocycles. The standard InChI is InChI=1S/C21H23N3O3/c1-4-19(16-7-5-14(2)6-8-16)23-21(25)17-9-11-18(12-10-17)26-13-20-22-15(3)27-24-20/h5-12,19H,4,13H2,1-3H3,(H,23,25)/t19-/m0/s1. The largest absolute Gasteiger partial charge is 0.485 e. The number of hydrogen-bond donors (Lipinski definition) is 1. The van der Waals surface area contributed by atoms with E-state index in [4.69, 9.17) is 9.26 Å². The summed E-state index contributed by atoms with van der Waals surface area (Å²) in [4.78, 5) is 16.6. The third-order valence-electron chi connectivity index (χ3n) is 4.25. The van der Waals surface area contributed by atoms with E-state index in [1.54, 1.807) is 31.2 Å². The van der Waals surface area contributed by atoms with Crippen LogP contribution >= 0.6 is 0 Å². The molecule has 0 bridgehead atoms. The number of nitrogens with one attached hydrogen (secondary N) is 1. The smallest absolute Gasteiger partial charge is 0.251 e. The van der Waals surface area contributed by atoms with Gasteiger partial charge in [-0.05, 0) is 43.2 Å². The van der Waals surface area contributed by atoms with Crippen LogP contribution in [-0.2, 0) is 6.61 Å². The molecule has 1 N–H and O–H groups in total. The van der Waals surface area contributed by atoms with Crippen LogP contribution < -0.4 is 10.1 Å². The number of hydrogen-bond acceptors (Lipinski definition) is 5. The van der Waals surface area contributed by atoms with Crippen molar-refractivity contribution < 1.29 is 14.1 Å². The lowest BCUT2D eigenvalue weighted by Crippen LogP contribution is -2.28. The molecule has 0 saturated heterocycles. The van der Waals surface area contributed by atoms with Crippen molar-refractivity contribution in [3.63, 3.8) is 0 Å². The number of ether oxygens (including phenoxy) is 1. The number of aromatic nitrogens is 2. The average molecular weight is 365 g/mol. The lowest BCUT2D eigenvalue weighted by atomic mass is 10.0. The highest BCUT2D eigenvalue weighted by molar-refractivity contribution is 5.94. The SMILES string of the molecule is CC[C@H](NC(=O)c1ccc(OCc2noc(C)n2)cc1)c1ccc(C)cc1. The number of amides is 1. The average Bonchev–Trinajstić information content (AvgIpc) is 3.11. The Morgan fingerprint density at radius 1 is 1.11 bits per heavy atom. The normalized spacial score (nSPS) is 11.8. The van der Waals surface area contributed by atoms with E-state index in [-0.39, 0.29) is 18.6 Å². The Balaban J connectivity index is 1.60. The summed E-state index contributed by atoms with van der Waals surface area (Å²) in [5.41, 5.74) is 2.89. The quantitative estimate of drug-likeness (QED) is 0.681. The minimum Gasteiger partial charge on any atom is -0.485 e. The Labute approximate surface area is 158 Å². The number of rotatable bonds is 7. The first-order valence-corrected chi connectivity index (χ1v) is 8.94. The highest BCUT2D eigenvalue weighted by Gasteiger charge is 2.14. The molecule has 0 fully saturated rings. The van der Waals surface area contributed by atoms with Crippen molar-refractivity contribution in [1.82, 2.24) is 15.5 Å². The molecule has 6 heteroatoms. The molecule has 1 heterocycles. The van der Waals surface area contributed by atoms with Crippen LogP contribution in [0.15, 0.2) is 53.1 Å². The molecule has 1 atom stereocenters. The van der Waals surface area contributed by atoms with Crippen molar-refractivity contribution in [2.24, 2.45) is 0 Å². The Kier molecular flexibility index (Phi) is 5.86. The minimum absolute atomic E-state index is 0.0181. The van der Waals surface area contributed by atoms with Crippen LogP contribution in [0.1, 0.15) is 52.6 Å². The van der Waals surface area contributed by atoms with Gasteiger partial charge >= 0.3 is 0 Å². The molecule has 0 aliphatic carbocycles. The van der Waals surface area contributed by atoms with Gasteiger partial charge in [0.25, 0.3) is 5.91 Å². The zero-order chi connectivity index (χ0) is 19.2. The molecule has 1 aromatic heterocycles. The monoisotopic (exact) mass is 365 g/mol. The van der Waals surface area contributed by atoms with Gasteiger partial charge in [-0.15, -0.1) is 0 Å². The van der Waals surface area contributed by atoms with E-state index in [2.05, 4.69) is 46.6 Å². The summed E-state index contributed by atoms with van der Waals surface area (Å²) in [5, 5.41) is 6.86. The van der Waals surface area contributed by atoms with Crippen LogP contribution in [0, 0.1) is 13.8 Å². The summed E-state index contributed by atoms with van der Waals surface area (Å²) in [6.45, 7) is 6.05. The maximum Gasteiger partial charge on any atom is 0.251 e. The first-order chi connectivity index (χ1) is 13.0. The lowest BCUT2D eigenvalue weighted by molar-refractivity contribution is 0.0935. The van der Waals surface area contributed by atoms with Crippen LogP contribution in [0.25, 0.3) is 0 Å². The van der Waals surface area contributed by atoms with Crippen molar-refractivity contribution in [3.05, 3.63) is 76.9 Å². The summed E-state index contributed by atoms with van der Waals surface area (Å²) >= 11 is 0. The molecule has 140 valence electrons. The number of carbonyl (C=O) groups is 1. The van der Waals surface area contributed by atoms with Crippen LogP contribution in [-0.4, -0.2) is 16.0 Å². The van der Waals surface area contributed by atoms with Crippen LogP contribution in [0.5, 0.6) is 5.75 Å². The van der Waals surface area contributed by atoms with Crippen molar-refractivity contribution in [2.75, 3.05) is 0 Å². The minimum atomic E-state index is -0.109. The van der Waals surface area contributed by atoms with Gasteiger partial charge < -0.3 is 14.6 Å². The predicted octanol–water partition coefficient (Wildman–Crippen LogP) is 4.15. The maximum atomic E-state index is 12.6. The van der Waals surface area contributed by atoms with Gasteiger partial charge in [-0.3, -0.25) is 4.79 Å². The van der Waals surface area contributed by atoms with E-state index in [1.165, 1.54) is 5.56 Å². The highest BCUT2D eigenvalue weighted by atomic mass is 16.5. The van der Waals surface area contributed by atoms with Gasteiger partial charge in [0.15, 0.2) is 6.61 Å². The van der Waals surface area contributed by atoms with Gasteiger partial charge in [-0.25, -0.2) is 0 Å². The Morgan fingerprint density at radius 2 is 1.81 bits per heavy atom. The second-order valence-corrected chi connectivity index (χ2v) is 6.39. The number of nitrogens with zero attached hydrogens (tertiary/aromatic N) is 2. The molecule has 0 aliphatic heterocycles. The lowest BCUT2D eigenvalue weighted by Gasteiger charge is -2.18. The zero-order valence-electron chi connectivity index (χ0n) is 15.7. The third-order valence-corrected chi connectivity index (χ3v) is 4.25. The van der Waals surface area contributed by atoms with Crippen molar-refractivity contribution in [2.45, 2.75) is 39.8 Å². The van der Waals surface area contributed by atoms with E-state index >= 15 is 0 Å². The summed E-state index contributed by atoms with van der Waals surface area (Å²) in [6, 6.07) is 15.2. The number of carbonyl (C=O) groups excluding carboxylic acids is 1. The van der Waals surface area contributed by atoms with Gasteiger partial charge in [0.2, 0.25) is 11.7 Å². The fraction of sp³-hybridized carbons (Fsp3) is 0.286. The van der Waals surface area contributed by atoms with Gasteiger partial charge in [-0.2, -0.15) is 4.98 Å². The third kappa shape index (κ3) is 4.94. The first-order valence-electron chi connectivity index (χ1n) is 8.94. The molecule has 3 aromatic rings. The predicted molar refractivity (Wildman–Crippen MR) is 101 cm³/mol. The summed E-state index contributed by atoms with van der Waals surface area (Å²) in [5.74, 6) is 1.51. The molecule has 3 rings (SSSR count). The molecule has 6 nitrogen and oxygen atoms in total. The van der Waals surface area contributed by atoms with E-state index in [0.717, 1.165) is 12.0 Å². The van der Waals surface area contributed by atoms with Gasteiger partial charge in [0, 0.05) is 12.5 Å². The molecule has 0 unspecified atom stereocenters. The van der Waals surface area contributed by atoms with E-state index in [1.807, 2.05) is 6.92 Å². The van der Waals surface area contributed by atoms with Crippen molar-refractivity contribution in [3.8, 4) is 5.75 Å². The fourth-order valence-electron chi connectivity index (χ4n) is 2.71. The Bertz CT molecular complexity index is 886. The summed E-state index contributed by atoms with van der Waals surface area (Å²) < 4.78 is 10.5. The topological polar surface area (TPSA) is 77.2 Å². The summed E-state index contributed by atoms with van der Waals surface area (Å²) in [7, 11) is 0. The maximum absolute atomic E-state index is 12.6. The molecular formula is C21H23N3O3. The second kappa shape index (κ2) is 8.49.